The molecule has 0 fully saturated rings. The minimum absolute atomic E-state index is 0. The van der Waals surface area contributed by atoms with Crippen molar-refractivity contribution < 1.29 is 36.2 Å². The lowest BCUT2D eigenvalue weighted by atomic mass is 9.93. The highest BCUT2D eigenvalue weighted by Crippen LogP contribution is 2.36. The van der Waals surface area contributed by atoms with Crippen LogP contribution in [0.4, 0.5) is 27.6 Å². The molecule has 0 spiro atoms. The first-order valence-corrected chi connectivity index (χ1v) is 12.1. The second kappa shape index (κ2) is 13.1. The van der Waals surface area contributed by atoms with Crippen LogP contribution in [0.1, 0.15) is 23.1 Å². The van der Waals surface area contributed by atoms with Crippen LogP contribution in [0.5, 0.6) is 11.5 Å². The Bertz CT molecular complexity index is 1260. The monoisotopic (exact) mass is 570 g/mol. The molecule has 11 heteroatoms. The zero-order valence-corrected chi connectivity index (χ0v) is 21.6. The number of nitrogens with zero attached hydrogens (tertiary/aromatic N) is 1. The zero-order chi connectivity index (χ0) is 27.3. The molecule has 1 aliphatic heterocycles. The Labute approximate surface area is 229 Å². The van der Waals surface area contributed by atoms with Crippen molar-refractivity contribution in [1.29, 1.82) is 0 Å². The third-order valence-corrected chi connectivity index (χ3v) is 6.43. The van der Waals surface area contributed by atoms with E-state index in [1.807, 2.05) is 0 Å². The summed E-state index contributed by atoms with van der Waals surface area (Å²) in [7, 11) is 0. The SMILES string of the molecule is Cl.NC(C(C=O)Cc1ccc(OCCOc2ccc(F)cc2F)cc1)N1CCCc2cc(C(F)(F)F)ccc21. The van der Waals surface area contributed by atoms with E-state index < -0.39 is 35.5 Å². The fraction of sp³-hybridized carbons (Fsp3) is 0.321. The van der Waals surface area contributed by atoms with Gasteiger partial charge in [0.15, 0.2) is 11.6 Å². The number of rotatable bonds is 10. The number of halogens is 6. The van der Waals surface area contributed by atoms with E-state index in [0.29, 0.717) is 42.8 Å². The zero-order valence-electron chi connectivity index (χ0n) is 20.8. The van der Waals surface area contributed by atoms with Crippen LogP contribution in [0.2, 0.25) is 0 Å². The van der Waals surface area contributed by atoms with Crippen molar-refractivity contribution in [2.24, 2.45) is 11.7 Å². The van der Waals surface area contributed by atoms with Crippen molar-refractivity contribution in [3.63, 3.8) is 0 Å². The van der Waals surface area contributed by atoms with Crippen LogP contribution < -0.4 is 20.1 Å². The van der Waals surface area contributed by atoms with Gasteiger partial charge in [0.05, 0.1) is 17.6 Å². The van der Waals surface area contributed by atoms with Crippen molar-refractivity contribution in [2.45, 2.75) is 31.6 Å². The third kappa shape index (κ3) is 7.60. The van der Waals surface area contributed by atoms with E-state index in [4.69, 9.17) is 15.2 Å². The average Bonchev–Trinajstić information content (AvgIpc) is 2.90. The van der Waals surface area contributed by atoms with Crippen LogP contribution in [0.25, 0.3) is 0 Å². The fourth-order valence-corrected chi connectivity index (χ4v) is 4.49. The van der Waals surface area contributed by atoms with Crippen LogP contribution in [0.3, 0.4) is 0 Å². The minimum Gasteiger partial charge on any atom is -0.490 e. The number of benzene rings is 3. The van der Waals surface area contributed by atoms with Gasteiger partial charge < -0.3 is 24.9 Å². The number of aryl methyl sites for hydroxylation is 1. The van der Waals surface area contributed by atoms with Gasteiger partial charge in [-0.1, -0.05) is 12.1 Å². The number of aldehydes is 1. The Balaban J connectivity index is 0.00000420. The van der Waals surface area contributed by atoms with Crippen LogP contribution in [0.15, 0.2) is 60.7 Å². The highest BCUT2D eigenvalue weighted by atomic mass is 35.5. The number of anilines is 1. The molecule has 2 unspecified atom stereocenters. The van der Waals surface area contributed by atoms with Crippen LogP contribution in [0, 0.1) is 17.6 Å². The van der Waals surface area contributed by atoms with E-state index in [2.05, 4.69) is 0 Å². The molecule has 0 saturated heterocycles. The van der Waals surface area contributed by atoms with Gasteiger partial charge in [0.25, 0.3) is 0 Å². The first-order valence-electron chi connectivity index (χ1n) is 12.1. The Hall–Kier alpha value is -3.37. The van der Waals surface area contributed by atoms with Gasteiger partial charge >= 0.3 is 6.18 Å². The molecular formula is C28H28ClF5N2O3. The molecule has 2 atom stereocenters. The Morgan fingerprint density at radius 2 is 1.69 bits per heavy atom. The lowest BCUT2D eigenvalue weighted by molar-refractivity contribution is -0.137. The topological polar surface area (TPSA) is 64.8 Å². The number of carbonyl (C=O) groups is 1. The standard InChI is InChI=1S/C28H27F5N2O3.ClH/c29-22-6-10-26(24(30)16-22)38-13-12-37-23-7-3-18(4-8-23)14-20(17-36)27(34)35-11-1-2-19-15-21(28(31,32)33)5-9-25(19)35;/h3-10,15-17,20,27H,1-2,11-14,34H2;1H. The molecule has 0 radical (unpaired) electrons. The number of carbonyl (C=O) groups excluding carboxylic acids is 1. The predicted molar refractivity (Wildman–Crippen MR) is 139 cm³/mol. The molecule has 3 aromatic rings. The summed E-state index contributed by atoms with van der Waals surface area (Å²) in [6, 6.07) is 13.7. The van der Waals surface area contributed by atoms with Crippen molar-refractivity contribution in [2.75, 3.05) is 24.7 Å². The molecular weight excluding hydrogens is 543 g/mol. The maximum Gasteiger partial charge on any atom is 0.416 e. The number of ether oxygens (including phenoxy) is 2. The summed E-state index contributed by atoms with van der Waals surface area (Å²) < 4.78 is 76.8. The minimum atomic E-state index is -4.42. The van der Waals surface area contributed by atoms with Gasteiger partial charge in [-0.25, -0.2) is 8.78 Å². The van der Waals surface area contributed by atoms with Gasteiger partial charge in [0.1, 0.15) is 31.1 Å². The highest BCUT2D eigenvalue weighted by molar-refractivity contribution is 5.85. The molecule has 3 aromatic carbocycles. The smallest absolute Gasteiger partial charge is 0.416 e. The molecule has 39 heavy (non-hydrogen) atoms. The Kier molecular flexibility index (Phi) is 10.2. The van der Waals surface area contributed by atoms with E-state index in [1.54, 1.807) is 29.2 Å². The van der Waals surface area contributed by atoms with Gasteiger partial charge in [-0.3, -0.25) is 0 Å². The number of hydrogen-bond donors (Lipinski definition) is 1. The number of alkyl halides is 3. The third-order valence-electron chi connectivity index (χ3n) is 6.43. The molecule has 1 aliphatic rings. The van der Waals surface area contributed by atoms with Crippen LogP contribution >= 0.6 is 12.4 Å². The molecule has 1 heterocycles. The highest BCUT2D eigenvalue weighted by Gasteiger charge is 2.33. The summed E-state index contributed by atoms with van der Waals surface area (Å²) in [5.41, 5.74) is 7.78. The molecule has 0 aromatic heterocycles. The Morgan fingerprint density at radius 3 is 2.36 bits per heavy atom. The first-order chi connectivity index (χ1) is 18.2. The van der Waals surface area contributed by atoms with Gasteiger partial charge in [0, 0.05) is 18.3 Å². The van der Waals surface area contributed by atoms with E-state index >= 15 is 0 Å². The molecule has 0 amide bonds. The van der Waals surface area contributed by atoms with Crippen molar-refractivity contribution >= 4 is 24.4 Å². The number of fused-ring (bicyclic) bond motifs is 1. The largest absolute Gasteiger partial charge is 0.490 e. The average molecular weight is 571 g/mol. The molecule has 5 nitrogen and oxygen atoms in total. The second-order valence-electron chi connectivity index (χ2n) is 9.05. The lowest BCUT2D eigenvalue weighted by Gasteiger charge is -2.38. The number of nitrogens with two attached hydrogens (primary N) is 1. The van der Waals surface area contributed by atoms with E-state index in [1.165, 1.54) is 12.1 Å². The molecule has 210 valence electrons. The van der Waals surface area contributed by atoms with Crippen molar-refractivity contribution in [1.82, 2.24) is 0 Å². The van der Waals surface area contributed by atoms with Crippen LogP contribution in [-0.2, 0) is 23.8 Å². The summed E-state index contributed by atoms with van der Waals surface area (Å²) in [4.78, 5) is 13.8. The van der Waals surface area contributed by atoms with Crippen molar-refractivity contribution in [3.8, 4) is 11.5 Å². The van der Waals surface area contributed by atoms with Gasteiger partial charge in [-0.2, -0.15) is 13.2 Å². The summed E-state index contributed by atoms with van der Waals surface area (Å²) in [6.45, 7) is 0.719. The maximum atomic E-state index is 13.6. The molecule has 0 aliphatic carbocycles. The second-order valence-corrected chi connectivity index (χ2v) is 9.05. The normalized spacial score (nSPS) is 14.6. The van der Waals surface area contributed by atoms with Gasteiger partial charge in [0.2, 0.25) is 0 Å². The summed E-state index contributed by atoms with van der Waals surface area (Å²) in [5.74, 6) is -1.61. The quantitative estimate of drug-likeness (QED) is 0.185. The molecule has 0 saturated carbocycles. The molecule has 0 bridgehead atoms. The van der Waals surface area contributed by atoms with Gasteiger partial charge in [-0.05, 0) is 72.9 Å². The summed E-state index contributed by atoms with van der Waals surface area (Å²) >= 11 is 0. The van der Waals surface area contributed by atoms with Gasteiger partial charge in [-0.15, -0.1) is 12.4 Å². The molecule has 2 N–H and O–H groups in total. The van der Waals surface area contributed by atoms with E-state index in [-0.39, 0.29) is 31.4 Å². The fourth-order valence-electron chi connectivity index (χ4n) is 4.49. The van der Waals surface area contributed by atoms with E-state index in [0.717, 1.165) is 36.1 Å². The molecule has 4 rings (SSSR count). The summed E-state index contributed by atoms with van der Waals surface area (Å²) in [6.07, 6.45) is -2.86. The van der Waals surface area contributed by atoms with Crippen LogP contribution in [-0.4, -0.2) is 32.2 Å². The lowest BCUT2D eigenvalue weighted by Crippen LogP contribution is -2.50. The Morgan fingerprint density at radius 1 is 0.974 bits per heavy atom. The van der Waals surface area contributed by atoms with E-state index in [9.17, 15) is 26.7 Å². The number of hydrogen-bond acceptors (Lipinski definition) is 5. The summed E-state index contributed by atoms with van der Waals surface area (Å²) in [5, 5.41) is 0. The predicted octanol–water partition coefficient (Wildman–Crippen LogP) is 5.96. The maximum absolute atomic E-state index is 13.6. The van der Waals surface area contributed by atoms with Crippen molar-refractivity contribution in [3.05, 3.63) is 89.0 Å². The first kappa shape index (κ1) is 30.2.